The van der Waals surface area contributed by atoms with E-state index in [1.165, 1.54) is 23.3 Å². The Labute approximate surface area is 188 Å². The van der Waals surface area contributed by atoms with Crippen LogP contribution in [0.5, 0.6) is 5.88 Å². The highest BCUT2D eigenvalue weighted by Gasteiger charge is 2.27. The van der Waals surface area contributed by atoms with Gasteiger partial charge in [-0.25, -0.2) is 4.98 Å². The summed E-state index contributed by atoms with van der Waals surface area (Å²) >= 11 is 1.19. The normalized spacial score (nSPS) is 14.4. The summed E-state index contributed by atoms with van der Waals surface area (Å²) < 4.78 is 26.1. The molecule has 0 aliphatic carbocycles. The predicted octanol–water partition coefficient (Wildman–Crippen LogP) is 3.69. The van der Waals surface area contributed by atoms with Crippen LogP contribution in [0, 0.1) is 5.95 Å². The van der Waals surface area contributed by atoms with Crippen LogP contribution >= 0.6 is 11.3 Å². The molecule has 2 amide bonds. The van der Waals surface area contributed by atoms with Gasteiger partial charge in [-0.1, -0.05) is 11.3 Å². The van der Waals surface area contributed by atoms with Crippen molar-refractivity contribution in [3.8, 4) is 5.88 Å². The Bertz CT molecular complexity index is 1160. The Balaban J connectivity index is 1.63. The molecule has 168 valence electrons. The molecule has 3 aromatic rings. The molecule has 1 aliphatic heterocycles. The van der Waals surface area contributed by atoms with Crippen molar-refractivity contribution < 1.29 is 23.5 Å². The van der Waals surface area contributed by atoms with Gasteiger partial charge in [-0.3, -0.25) is 14.9 Å². The van der Waals surface area contributed by atoms with Crippen molar-refractivity contribution in [3.63, 3.8) is 0 Å². The summed E-state index contributed by atoms with van der Waals surface area (Å²) in [6.45, 7) is 1.12. The smallest absolute Gasteiger partial charge is 0.257 e. The number of fused-ring (bicyclic) bond motifs is 1. The van der Waals surface area contributed by atoms with Gasteiger partial charge in [0.1, 0.15) is 5.52 Å². The number of nitrogens with one attached hydrogen (secondary N) is 1. The zero-order chi connectivity index (χ0) is 22.8. The molecule has 1 saturated heterocycles. The lowest BCUT2D eigenvalue weighted by Crippen LogP contribution is -2.21. The minimum Gasteiger partial charge on any atom is -0.479 e. The van der Waals surface area contributed by atoms with Crippen LogP contribution in [0.4, 0.5) is 9.52 Å². The molecule has 3 heterocycles. The van der Waals surface area contributed by atoms with Crippen molar-refractivity contribution in [2.75, 3.05) is 39.7 Å². The van der Waals surface area contributed by atoms with E-state index in [1.807, 2.05) is 0 Å². The molecule has 32 heavy (non-hydrogen) atoms. The first-order valence-corrected chi connectivity index (χ1v) is 11.0. The third kappa shape index (κ3) is 4.28. The number of hydrogen-bond acceptors (Lipinski definition) is 7. The Morgan fingerprint density at radius 3 is 2.44 bits per heavy atom. The summed E-state index contributed by atoms with van der Waals surface area (Å²) in [5.41, 5.74) is 1.77. The Morgan fingerprint density at radius 2 is 1.81 bits per heavy atom. The van der Waals surface area contributed by atoms with Crippen molar-refractivity contribution in [1.82, 2.24) is 14.9 Å². The molecule has 0 saturated carbocycles. The van der Waals surface area contributed by atoms with Crippen LogP contribution in [0.1, 0.15) is 45.0 Å². The topological polar surface area (TPSA) is 93.7 Å². The largest absolute Gasteiger partial charge is 0.479 e. The minimum absolute atomic E-state index is 0.0320. The van der Waals surface area contributed by atoms with Gasteiger partial charge in [-0.05, 0) is 43.0 Å². The fourth-order valence-corrected chi connectivity index (χ4v) is 4.74. The van der Waals surface area contributed by atoms with Crippen LogP contribution in [-0.4, -0.2) is 61.1 Å². The van der Waals surface area contributed by atoms with Crippen molar-refractivity contribution in [2.45, 2.75) is 18.8 Å². The van der Waals surface area contributed by atoms with E-state index in [9.17, 15) is 14.0 Å². The third-order valence-electron chi connectivity index (χ3n) is 5.34. The average Bonchev–Trinajstić information content (AvgIpc) is 3.21. The highest BCUT2D eigenvalue weighted by Crippen LogP contribution is 2.41. The fourth-order valence-electron chi connectivity index (χ4n) is 3.67. The molecule has 1 fully saturated rings. The highest BCUT2D eigenvalue weighted by molar-refractivity contribution is 7.22. The van der Waals surface area contributed by atoms with Gasteiger partial charge in [0.25, 0.3) is 11.8 Å². The lowest BCUT2D eigenvalue weighted by atomic mass is 9.92. The predicted molar refractivity (Wildman–Crippen MR) is 119 cm³/mol. The number of thiazole rings is 1. The summed E-state index contributed by atoms with van der Waals surface area (Å²) in [4.78, 5) is 34.6. The summed E-state index contributed by atoms with van der Waals surface area (Å²) in [6.07, 6.45) is 1.38. The molecule has 2 aromatic heterocycles. The van der Waals surface area contributed by atoms with E-state index < -0.39 is 5.95 Å². The third-order valence-corrected chi connectivity index (χ3v) is 6.34. The average molecular weight is 459 g/mol. The van der Waals surface area contributed by atoms with Gasteiger partial charge < -0.3 is 14.4 Å². The van der Waals surface area contributed by atoms with Crippen molar-refractivity contribution >= 4 is 38.5 Å². The first-order chi connectivity index (χ1) is 15.4. The summed E-state index contributed by atoms with van der Waals surface area (Å²) in [5.74, 6) is -1.06. The molecule has 0 atom stereocenters. The van der Waals surface area contributed by atoms with E-state index in [-0.39, 0.29) is 23.6 Å². The number of carbonyl (C=O) groups excluding carboxylic acids is 2. The maximum Gasteiger partial charge on any atom is 0.257 e. The number of benzene rings is 1. The van der Waals surface area contributed by atoms with Gasteiger partial charge >= 0.3 is 0 Å². The standard InChI is InChI=1S/C22H23FN4O4S/c1-27(2)21(29)14-6-4-13(5-7-14)19(28)26-22-24-16-17(32-22)15(12-8-10-31-11-9-12)18(23)25-20(16)30-3/h4-7,12H,8-11H2,1-3H3,(H,24,26,28). The van der Waals surface area contributed by atoms with Crippen LogP contribution in [0.15, 0.2) is 24.3 Å². The SMILES string of the molecule is COc1nc(F)c(C2CCOCC2)c2sc(NC(=O)c3ccc(C(=O)N(C)C)cc3)nc12. The molecule has 0 bridgehead atoms. The Kier molecular flexibility index (Phi) is 6.33. The number of hydrogen-bond donors (Lipinski definition) is 1. The lowest BCUT2D eigenvalue weighted by Gasteiger charge is -2.22. The first-order valence-electron chi connectivity index (χ1n) is 10.1. The zero-order valence-electron chi connectivity index (χ0n) is 18.0. The van der Waals surface area contributed by atoms with Gasteiger partial charge in [-0.2, -0.15) is 9.37 Å². The summed E-state index contributed by atoms with van der Waals surface area (Å²) in [5, 5.41) is 3.08. The van der Waals surface area contributed by atoms with E-state index >= 15 is 0 Å². The maximum atomic E-state index is 14.9. The van der Waals surface area contributed by atoms with Crippen molar-refractivity contribution in [2.24, 2.45) is 0 Å². The van der Waals surface area contributed by atoms with Crippen molar-refractivity contribution in [3.05, 3.63) is 46.9 Å². The van der Waals surface area contributed by atoms with E-state index in [0.29, 0.717) is 58.1 Å². The van der Waals surface area contributed by atoms with Gasteiger partial charge in [0.15, 0.2) is 5.13 Å². The van der Waals surface area contributed by atoms with E-state index in [2.05, 4.69) is 15.3 Å². The van der Waals surface area contributed by atoms with Crippen LogP contribution in [0.3, 0.4) is 0 Å². The second-order valence-corrected chi connectivity index (χ2v) is 8.64. The molecular weight excluding hydrogens is 435 g/mol. The van der Waals surface area contributed by atoms with Crippen molar-refractivity contribution in [1.29, 1.82) is 0 Å². The molecule has 0 unspecified atom stereocenters. The lowest BCUT2D eigenvalue weighted by molar-refractivity contribution is 0.0826. The second-order valence-electron chi connectivity index (χ2n) is 7.64. The minimum atomic E-state index is -0.580. The fraction of sp³-hybridized carbons (Fsp3) is 0.364. The summed E-state index contributed by atoms with van der Waals surface area (Å²) in [7, 11) is 4.73. The van der Waals surface area contributed by atoms with E-state index in [0.717, 1.165) is 0 Å². The monoisotopic (exact) mass is 458 g/mol. The number of methoxy groups -OCH3 is 1. The number of ether oxygens (including phenoxy) is 2. The van der Waals surface area contributed by atoms with Crippen LogP contribution in [0.25, 0.3) is 10.2 Å². The zero-order valence-corrected chi connectivity index (χ0v) is 18.8. The molecule has 10 heteroatoms. The van der Waals surface area contributed by atoms with Gasteiger partial charge in [0.05, 0.1) is 11.8 Å². The number of carbonyl (C=O) groups is 2. The van der Waals surface area contributed by atoms with Crippen LogP contribution in [-0.2, 0) is 4.74 Å². The number of halogens is 1. The Hall–Kier alpha value is -3.11. The molecular formula is C22H23FN4O4S. The number of amides is 2. The van der Waals surface area contributed by atoms with Crippen LogP contribution in [0.2, 0.25) is 0 Å². The molecule has 1 aromatic carbocycles. The Morgan fingerprint density at radius 1 is 1.16 bits per heavy atom. The van der Waals surface area contributed by atoms with Gasteiger partial charge in [-0.15, -0.1) is 0 Å². The van der Waals surface area contributed by atoms with Gasteiger partial charge in [0.2, 0.25) is 11.8 Å². The molecule has 0 spiro atoms. The summed E-state index contributed by atoms with van der Waals surface area (Å²) in [6, 6.07) is 6.35. The molecule has 1 N–H and O–H groups in total. The first kappa shape index (κ1) is 22.1. The molecule has 4 rings (SSSR count). The van der Waals surface area contributed by atoms with E-state index in [1.54, 1.807) is 38.4 Å². The van der Waals surface area contributed by atoms with Crippen LogP contribution < -0.4 is 10.1 Å². The maximum absolute atomic E-state index is 14.9. The number of anilines is 1. The molecule has 1 aliphatic rings. The van der Waals surface area contributed by atoms with E-state index in [4.69, 9.17) is 9.47 Å². The molecule has 0 radical (unpaired) electrons. The molecule has 8 nitrogen and oxygen atoms in total. The number of rotatable bonds is 5. The number of nitrogens with zero attached hydrogens (tertiary/aromatic N) is 3. The number of pyridine rings is 1. The number of aromatic nitrogens is 2. The second kappa shape index (κ2) is 9.17. The quantitative estimate of drug-likeness (QED) is 0.586. The van der Waals surface area contributed by atoms with Gasteiger partial charge in [0, 0.05) is 44.0 Å². The highest BCUT2D eigenvalue weighted by atomic mass is 32.1.